The van der Waals surface area contributed by atoms with E-state index in [0.29, 0.717) is 6.04 Å². The third-order valence-corrected chi connectivity index (χ3v) is 4.19. The van der Waals surface area contributed by atoms with Gasteiger partial charge in [-0.25, -0.2) is 4.98 Å². The van der Waals surface area contributed by atoms with E-state index in [1.54, 1.807) is 0 Å². The lowest BCUT2D eigenvalue weighted by Gasteiger charge is -2.25. The second-order valence-corrected chi connectivity index (χ2v) is 5.61. The van der Waals surface area contributed by atoms with Crippen molar-refractivity contribution in [2.45, 2.75) is 45.1 Å². The van der Waals surface area contributed by atoms with E-state index in [0.717, 1.165) is 6.54 Å². The molecule has 2 fully saturated rings. The predicted octanol–water partition coefficient (Wildman–Crippen LogP) is 2.80. The molecule has 1 atom stereocenters. The molecule has 1 N–H and O–H groups in total. The fraction of sp³-hybridized carbons (Fsp3) is 0.667. The lowest BCUT2D eigenvalue weighted by Crippen LogP contribution is -2.27. The van der Waals surface area contributed by atoms with Crippen LogP contribution in [0.2, 0.25) is 0 Å². The van der Waals surface area contributed by atoms with Crippen molar-refractivity contribution in [3.63, 3.8) is 0 Å². The number of hydrogen-bond donors (Lipinski definition) is 1. The molecule has 3 nitrogen and oxygen atoms in total. The molecule has 2 aliphatic rings. The molecule has 3 heteroatoms. The zero-order chi connectivity index (χ0) is 12.4. The molecule has 0 radical (unpaired) electrons. The van der Waals surface area contributed by atoms with Crippen LogP contribution in [-0.2, 0) is 0 Å². The highest BCUT2D eigenvalue weighted by atomic mass is 15.2. The van der Waals surface area contributed by atoms with Crippen molar-refractivity contribution in [3.05, 3.63) is 23.4 Å². The first-order valence-electron chi connectivity index (χ1n) is 7.29. The second kappa shape index (κ2) is 5.27. The van der Waals surface area contributed by atoms with Crippen molar-refractivity contribution in [2.24, 2.45) is 0 Å². The Bertz CT molecular complexity index is 404. The monoisotopic (exact) mass is 245 g/mol. The lowest BCUT2D eigenvalue weighted by molar-refractivity contribution is 0.411. The third kappa shape index (κ3) is 2.37. The second-order valence-electron chi connectivity index (χ2n) is 5.61. The molecule has 0 aliphatic carbocycles. The van der Waals surface area contributed by atoms with Crippen LogP contribution < -0.4 is 10.2 Å². The third-order valence-electron chi connectivity index (χ3n) is 4.19. The summed E-state index contributed by atoms with van der Waals surface area (Å²) in [6, 6.07) is 2.86. The van der Waals surface area contributed by atoms with Crippen molar-refractivity contribution in [1.29, 1.82) is 0 Å². The highest BCUT2D eigenvalue weighted by molar-refractivity contribution is 5.48. The molecule has 18 heavy (non-hydrogen) atoms. The Morgan fingerprint density at radius 3 is 2.72 bits per heavy atom. The Labute approximate surface area is 110 Å². The van der Waals surface area contributed by atoms with Crippen LogP contribution in [0, 0.1) is 6.92 Å². The van der Waals surface area contributed by atoms with E-state index in [4.69, 9.17) is 4.98 Å². The van der Waals surface area contributed by atoms with Gasteiger partial charge >= 0.3 is 0 Å². The minimum Gasteiger partial charge on any atom is -0.356 e. The van der Waals surface area contributed by atoms with Gasteiger partial charge in [-0.3, -0.25) is 0 Å². The summed E-state index contributed by atoms with van der Waals surface area (Å²) < 4.78 is 0. The number of rotatable bonds is 2. The molecule has 0 bridgehead atoms. The van der Waals surface area contributed by atoms with Crippen LogP contribution in [0.1, 0.15) is 49.3 Å². The zero-order valence-electron chi connectivity index (χ0n) is 11.3. The highest BCUT2D eigenvalue weighted by Gasteiger charge is 2.19. The molecular weight excluding hydrogens is 222 g/mol. The summed E-state index contributed by atoms with van der Waals surface area (Å²) in [4.78, 5) is 7.15. The molecule has 2 saturated heterocycles. The van der Waals surface area contributed by atoms with Crippen LogP contribution in [0.3, 0.4) is 0 Å². The van der Waals surface area contributed by atoms with Crippen LogP contribution in [0.4, 0.5) is 5.82 Å². The molecule has 3 rings (SSSR count). The summed E-state index contributed by atoms with van der Waals surface area (Å²) in [6.45, 7) is 5.70. The molecule has 2 aliphatic heterocycles. The van der Waals surface area contributed by atoms with E-state index in [1.165, 1.54) is 62.1 Å². The number of aryl methyl sites for hydroxylation is 1. The van der Waals surface area contributed by atoms with Gasteiger partial charge in [-0.2, -0.15) is 0 Å². The number of aromatic nitrogens is 1. The van der Waals surface area contributed by atoms with E-state index in [2.05, 4.69) is 29.4 Å². The molecule has 1 aromatic rings. The average Bonchev–Trinajstić information content (AvgIpc) is 2.93. The SMILES string of the molecule is Cc1cc(C2CCCCN2)cnc1N1CCCC1. The van der Waals surface area contributed by atoms with Gasteiger partial charge in [-0.05, 0) is 56.3 Å². The van der Waals surface area contributed by atoms with Gasteiger partial charge < -0.3 is 10.2 Å². The van der Waals surface area contributed by atoms with E-state index < -0.39 is 0 Å². The summed E-state index contributed by atoms with van der Waals surface area (Å²) in [7, 11) is 0. The summed E-state index contributed by atoms with van der Waals surface area (Å²) >= 11 is 0. The Balaban J connectivity index is 1.79. The molecule has 0 amide bonds. The zero-order valence-corrected chi connectivity index (χ0v) is 11.3. The number of nitrogens with zero attached hydrogens (tertiary/aromatic N) is 2. The predicted molar refractivity (Wildman–Crippen MR) is 75.0 cm³/mol. The number of nitrogens with one attached hydrogen (secondary N) is 1. The maximum absolute atomic E-state index is 4.72. The maximum atomic E-state index is 4.72. The van der Waals surface area contributed by atoms with Crippen molar-refractivity contribution in [1.82, 2.24) is 10.3 Å². The van der Waals surface area contributed by atoms with E-state index in [-0.39, 0.29) is 0 Å². The van der Waals surface area contributed by atoms with Gasteiger partial charge in [0.2, 0.25) is 0 Å². The minimum absolute atomic E-state index is 0.526. The topological polar surface area (TPSA) is 28.2 Å². The summed E-state index contributed by atoms with van der Waals surface area (Å²) in [5.41, 5.74) is 2.71. The quantitative estimate of drug-likeness (QED) is 0.868. The standard InChI is InChI=1S/C15H23N3/c1-12-10-13(14-6-2-3-7-16-14)11-17-15(12)18-8-4-5-9-18/h10-11,14,16H,2-9H2,1H3. The first-order chi connectivity index (χ1) is 8.84. The molecule has 1 aromatic heterocycles. The average molecular weight is 245 g/mol. The number of piperidine rings is 1. The Kier molecular flexibility index (Phi) is 3.50. The first kappa shape index (κ1) is 12.0. The molecule has 3 heterocycles. The largest absolute Gasteiger partial charge is 0.356 e. The summed E-state index contributed by atoms with van der Waals surface area (Å²) in [6.07, 6.45) is 8.62. The summed E-state index contributed by atoms with van der Waals surface area (Å²) in [5.74, 6) is 1.20. The van der Waals surface area contributed by atoms with Gasteiger partial charge in [0.25, 0.3) is 0 Å². The van der Waals surface area contributed by atoms with Gasteiger partial charge in [-0.1, -0.05) is 6.42 Å². The lowest BCUT2D eigenvalue weighted by atomic mass is 9.98. The van der Waals surface area contributed by atoms with Crippen molar-refractivity contribution in [3.8, 4) is 0 Å². The van der Waals surface area contributed by atoms with Crippen LogP contribution in [0.15, 0.2) is 12.3 Å². The van der Waals surface area contributed by atoms with Gasteiger partial charge in [0.15, 0.2) is 0 Å². The van der Waals surface area contributed by atoms with Gasteiger partial charge in [-0.15, -0.1) is 0 Å². The first-order valence-corrected chi connectivity index (χ1v) is 7.29. The Hall–Kier alpha value is -1.09. The molecule has 0 saturated carbocycles. The van der Waals surface area contributed by atoms with Crippen molar-refractivity contribution >= 4 is 5.82 Å². The highest BCUT2D eigenvalue weighted by Crippen LogP contribution is 2.27. The fourth-order valence-electron chi connectivity index (χ4n) is 3.18. The molecule has 0 aromatic carbocycles. The van der Waals surface area contributed by atoms with E-state index in [9.17, 15) is 0 Å². The Morgan fingerprint density at radius 1 is 1.22 bits per heavy atom. The van der Waals surface area contributed by atoms with Gasteiger partial charge in [0.1, 0.15) is 5.82 Å². The maximum Gasteiger partial charge on any atom is 0.131 e. The fourth-order valence-corrected chi connectivity index (χ4v) is 3.18. The normalized spacial score (nSPS) is 24.5. The summed E-state index contributed by atoms with van der Waals surface area (Å²) in [5, 5.41) is 3.60. The number of anilines is 1. The van der Waals surface area contributed by atoms with Crippen LogP contribution in [-0.4, -0.2) is 24.6 Å². The van der Waals surface area contributed by atoms with E-state index in [1.807, 2.05) is 0 Å². The van der Waals surface area contributed by atoms with Crippen LogP contribution in [0.25, 0.3) is 0 Å². The van der Waals surface area contributed by atoms with Crippen molar-refractivity contribution < 1.29 is 0 Å². The minimum atomic E-state index is 0.526. The molecule has 98 valence electrons. The van der Waals surface area contributed by atoms with Crippen LogP contribution >= 0.6 is 0 Å². The number of pyridine rings is 1. The Morgan fingerprint density at radius 2 is 2.06 bits per heavy atom. The smallest absolute Gasteiger partial charge is 0.131 e. The van der Waals surface area contributed by atoms with Gasteiger partial charge in [0, 0.05) is 25.3 Å². The van der Waals surface area contributed by atoms with Crippen molar-refractivity contribution in [2.75, 3.05) is 24.5 Å². The van der Waals surface area contributed by atoms with Crippen LogP contribution in [0.5, 0.6) is 0 Å². The van der Waals surface area contributed by atoms with E-state index >= 15 is 0 Å². The van der Waals surface area contributed by atoms with Gasteiger partial charge in [0.05, 0.1) is 0 Å². The molecular formula is C15H23N3. The number of hydrogen-bond acceptors (Lipinski definition) is 3. The molecule has 1 unspecified atom stereocenters. The molecule has 0 spiro atoms.